The molecule has 4 aromatic rings. The molecule has 1 aliphatic rings. The van der Waals surface area contributed by atoms with E-state index < -0.39 is 15.1 Å². The minimum Gasteiger partial charge on any atom is -0.468 e. The average Bonchev–Trinajstić information content (AvgIpc) is 3.47. The van der Waals surface area contributed by atoms with E-state index in [-0.39, 0.29) is 17.2 Å². The maximum atomic E-state index is 13.5. The molecule has 0 aliphatic carbocycles. The Hall–Kier alpha value is -3.40. The molecule has 0 bridgehead atoms. The summed E-state index contributed by atoms with van der Waals surface area (Å²) in [5.41, 5.74) is 1.22. The molecule has 0 saturated carbocycles. The normalized spacial score (nSPS) is 15.4. The molecule has 0 aromatic carbocycles. The second-order valence-electron chi connectivity index (χ2n) is 8.64. The van der Waals surface area contributed by atoms with E-state index in [1.807, 2.05) is 17.6 Å². The van der Waals surface area contributed by atoms with Gasteiger partial charge in [-0.15, -0.1) is 0 Å². The van der Waals surface area contributed by atoms with Crippen LogP contribution in [0.15, 0.2) is 58.1 Å². The Labute approximate surface area is 196 Å². The van der Waals surface area contributed by atoms with Gasteiger partial charge in [-0.1, -0.05) is 13.0 Å². The molecule has 0 spiro atoms. The van der Waals surface area contributed by atoms with Crippen molar-refractivity contribution in [1.82, 2.24) is 18.9 Å². The minimum atomic E-state index is -3.38. The van der Waals surface area contributed by atoms with Crippen molar-refractivity contribution in [2.75, 3.05) is 13.1 Å². The second kappa shape index (κ2) is 8.75. The highest BCUT2D eigenvalue weighted by Crippen LogP contribution is 2.25. The highest BCUT2D eigenvalue weighted by molar-refractivity contribution is 7.91. The van der Waals surface area contributed by atoms with E-state index in [1.165, 1.54) is 10.7 Å². The summed E-state index contributed by atoms with van der Waals surface area (Å²) in [6.45, 7) is 3.23. The monoisotopic (exact) mass is 482 g/mol. The zero-order valence-electron chi connectivity index (χ0n) is 18.9. The van der Waals surface area contributed by atoms with E-state index in [0.29, 0.717) is 60.6 Å². The number of likely N-dealkylation sites (tertiary alicyclic amines) is 1. The van der Waals surface area contributed by atoms with Crippen LogP contribution in [-0.2, 0) is 22.1 Å². The van der Waals surface area contributed by atoms with Crippen molar-refractivity contribution in [2.45, 2.75) is 43.7 Å². The van der Waals surface area contributed by atoms with Gasteiger partial charge in [0.25, 0.3) is 11.5 Å². The number of carbonyl (C=O) groups is 1. The van der Waals surface area contributed by atoms with Gasteiger partial charge < -0.3 is 13.9 Å². The number of nitrogens with zero attached hydrogens (tertiary/aromatic N) is 4. The molecule has 1 amide bonds. The van der Waals surface area contributed by atoms with E-state index in [1.54, 1.807) is 41.4 Å². The second-order valence-corrected chi connectivity index (χ2v) is 10.9. The summed E-state index contributed by atoms with van der Waals surface area (Å²) >= 11 is 0. The molecule has 0 radical (unpaired) electrons. The van der Waals surface area contributed by atoms with Crippen LogP contribution in [0.1, 0.15) is 42.4 Å². The molecule has 4 aromatic heterocycles. The maximum Gasteiger partial charge on any atom is 0.270 e. The number of aromatic nitrogens is 3. The van der Waals surface area contributed by atoms with E-state index in [4.69, 9.17) is 4.42 Å². The first-order valence-corrected chi connectivity index (χ1v) is 13.1. The van der Waals surface area contributed by atoms with Gasteiger partial charge in [0.15, 0.2) is 9.84 Å². The zero-order valence-corrected chi connectivity index (χ0v) is 19.7. The SMILES string of the molecule is CCCn1c(C(=O)N2CCC(S(=O)(=O)Cc3ccco3)CC2)cc2c(=O)n3ccccc3nc21. The third kappa shape index (κ3) is 3.91. The molecule has 1 aliphatic heterocycles. The van der Waals surface area contributed by atoms with Crippen LogP contribution in [-0.4, -0.2) is 51.5 Å². The number of carbonyl (C=O) groups excluding carboxylic acids is 1. The number of rotatable bonds is 6. The number of sulfone groups is 1. The summed E-state index contributed by atoms with van der Waals surface area (Å²) < 4.78 is 34.1. The first-order valence-electron chi connectivity index (χ1n) is 11.4. The fraction of sp³-hybridized carbons (Fsp3) is 0.375. The van der Waals surface area contributed by atoms with Crippen molar-refractivity contribution in [2.24, 2.45) is 0 Å². The van der Waals surface area contributed by atoms with Gasteiger partial charge in [-0.2, -0.15) is 0 Å². The maximum absolute atomic E-state index is 13.5. The molecule has 0 atom stereocenters. The largest absolute Gasteiger partial charge is 0.468 e. The molecule has 5 rings (SSSR count). The molecule has 9 nitrogen and oxygen atoms in total. The van der Waals surface area contributed by atoms with Gasteiger partial charge in [0.2, 0.25) is 0 Å². The van der Waals surface area contributed by atoms with Crippen molar-refractivity contribution in [3.63, 3.8) is 0 Å². The van der Waals surface area contributed by atoms with Crippen LogP contribution in [0.2, 0.25) is 0 Å². The van der Waals surface area contributed by atoms with Gasteiger partial charge in [0, 0.05) is 25.8 Å². The summed E-state index contributed by atoms with van der Waals surface area (Å²) in [5, 5.41) is -0.115. The van der Waals surface area contributed by atoms with Crippen molar-refractivity contribution in [3.05, 3.63) is 70.7 Å². The Balaban J connectivity index is 1.41. The Morgan fingerprint density at radius 3 is 2.68 bits per heavy atom. The van der Waals surface area contributed by atoms with Gasteiger partial charge >= 0.3 is 0 Å². The van der Waals surface area contributed by atoms with Gasteiger partial charge in [-0.05, 0) is 49.6 Å². The highest BCUT2D eigenvalue weighted by Gasteiger charge is 2.33. The number of aryl methyl sites for hydroxylation is 1. The highest BCUT2D eigenvalue weighted by atomic mass is 32.2. The smallest absolute Gasteiger partial charge is 0.270 e. The number of piperidine rings is 1. The quantitative estimate of drug-likeness (QED) is 0.418. The van der Waals surface area contributed by atoms with Crippen LogP contribution in [0.4, 0.5) is 0 Å². The van der Waals surface area contributed by atoms with Gasteiger partial charge in [0.05, 0.1) is 16.9 Å². The summed E-state index contributed by atoms with van der Waals surface area (Å²) in [7, 11) is -3.38. The van der Waals surface area contributed by atoms with Crippen LogP contribution >= 0.6 is 0 Å². The van der Waals surface area contributed by atoms with Crippen LogP contribution in [0.25, 0.3) is 16.7 Å². The number of pyridine rings is 1. The number of hydrogen-bond donors (Lipinski definition) is 0. The fourth-order valence-electron chi connectivity index (χ4n) is 4.67. The van der Waals surface area contributed by atoms with E-state index >= 15 is 0 Å². The lowest BCUT2D eigenvalue weighted by molar-refractivity contribution is 0.0715. The third-order valence-corrected chi connectivity index (χ3v) is 8.58. The minimum absolute atomic E-state index is 0.132. The molecule has 10 heteroatoms. The molecule has 1 fully saturated rings. The molecule has 178 valence electrons. The first-order chi connectivity index (χ1) is 16.4. The lowest BCUT2D eigenvalue weighted by atomic mass is 10.1. The first kappa shape index (κ1) is 22.4. The molecular formula is C24H26N4O5S. The molecule has 1 saturated heterocycles. The summed E-state index contributed by atoms with van der Waals surface area (Å²) in [5.74, 6) is 0.0857. The van der Waals surface area contributed by atoms with Crippen LogP contribution < -0.4 is 5.56 Å². The average molecular weight is 483 g/mol. The van der Waals surface area contributed by atoms with E-state index in [2.05, 4.69) is 4.98 Å². The van der Waals surface area contributed by atoms with Crippen molar-refractivity contribution >= 4 is 32.4 Å². The fourth-order valence-corrected chi connectivity index (χ4v) is 6.40. The summed E-state index contributed by atoms with van der Waals surface area (Å²) in [4.78, 5) is 32.9. The Morgan fingerprint density at radius 1 is 1.18 bits per heavy atom. The lowest BCUT2D eigenvalue weighted by Crippen LogP contribution is -2.43. The predicted molar refractivity (Wildman–Crippen MR) is 128 cm³/mol. The molecule has 0 N–H and O–H groups in total. The van der Waals surface area contributed by atoms with Crippen molar-refractivity contribution in [3.8, 4) is 0 Å². The van der Waals surface area contributed by atoms with Gasteiger partial charge in [-0.25, -0.2) is 13.4 Å². The summed E-state index contributed by atoms with van der Waals surface area (Å²) in [6.07, 6.45) is 4.63. The third-order valence-electron chi connectivity index (χ3n) is 6.40. The standard InChI is InChI=1S/C24H26N4O5S/c1-2-10-27-20(15-19-22(27)25-21-7-3-4-11-28(21)23(19)29)24(30)26-12-8-18(9-13-26)34(31,32)16-17-6-5-14-33-17/h3-7,11,14-15,18H,2,8-10,12-13,16H2,1H3. The number of furan rings is 1. The zero-order chi connectivity index (χ0) is 23.9. The molecule has 34 heavy (non-hydrogen) atoms. The van der Waals surface area contributed by atoms with E-state index in [0.717, 1.165) is 6.42 Å². The number of fused-ring (bicyclic) bond motifs is 2. The summed E-state index contributed by atoms with van der Waals surface area (Å²) in [6, 6.07) is 10.3. The van der Waals surface area contributed by atoms with Crippen molar-refractivity contribution < 1.29 is 17.6 Å². The topological polar surface area (TPSA) is 107 Å². The van der Waals surface area contributed by atoms with Crippen LogP contribution in [0, 0.1) is 0 Å². The molecule has 5 heterocycles. The number of amides is 1. The Bertz CT molecular complexity index is 1510. The van der Waals surface area contributed by atoms with Crippen LogP contribution in [0.5, 0.6) is 0 Å². The van der Waals surface area contributed by atoms with Gasteiger partial charge in [-0.3, -0.25) is 14.0 Å². The van der Waals surface area contributed by atoms with Crippen molar-refractivity contribution in [1.29, 1.82) is 0 Å². The predicted octanol–water partition coefficient (Wildman–Crippen LogP) is 2.87. The molecular weight excluding hydrogens is 456 g/mol. The van der Waals surface area contributed by atoms with Gasteiger partial charge in [0.1, 0.15) is 28.5 Å². The Morgan fingerprint density at radius 2 is 1.97 bits per heavy atom. The van der Waals surface area contributed by atoms with Crippen LogP contribution in [0.3, 0.4) is 0 Å². The van der Waals surface area contributed by atoms with E-state index in [9.17, 15) is 18.0 Å². The Kier molecular flexibility index (Phi) is 5.76. The lowest BCUT2D eigenvalue weighted by Gasteiger charge is -2.31. The molecule has 0 unspecified atom stereocenters. The number of hydrogen-bond acceptors (Lipinski definition) is 6.